The van der Waals surface area contributed by atoms with Gasteiger partial charge in [0.15, 0.2) is 17.8 Å². The lowest BCUT2D eigenvalue weighted by Gasteiger charge is -2.31. The SMILES string of the molecule is CSc1ccc(COc2ccc(C[C@H](NC(=O)O[C@H]3CO[C@H]4OCC[C@H]43)[C@H](O)CN(CC(C)C)S(=O)(=O)c3ccc4c(c3)OCO4)cc2)cc1. The van der Waals surface area contributed by atoms with Gasteiger partial charge in [-0.1, -0.05) is 38.1 Å². The van der Waals surface area contributed by atoms with Crippen LogP contribution in [0.2, 0.25) is 0 Å². The number of ether oxygens (including phenoxy) is 6. The van der Waals surface area contributed by atoms with Crippen molar-refractivity contribution >= 4 is 27.9 Å². The Hall–Kier alpha value is -3.53. The van der Waals surface area contributed by atoms with E-state index < -0.39 is 40.7 Å². The fraction of sp³-hybridized carbons (Fsp3) is 0.472. The first kappa shape index (κ1) is 36.3. The van der Waals surface area contributed by atoms with Crippen molar-refractivity contribution in [3.05, 3.63) is 77.9 Å². The highest BCUT2D eigenvalue weighted by Gasteiger charge is 2.44. The summed E-state index contributed by atoms with van der Waals surface area (Å²) >= 11 is 1.68. The van der Waals surface area contributed by atoms with Crippen LogP contribution in [0.3, 0.4) is 0 Å². The van der Waals surface area contributed by atoms with Crippen LogP contribution in [0.15, 0.2) is 76.5 Å². The molecular formula is C36H44N2O10S2. The molecule has 5 atom stereocenters. The molecule has 3 aromatic carbocycles. The second-order valence-electron chi connectivity index (χ2n) is 13.0. The van der Waals surface area contributed by atoms with Crippen molar-refractivity contribution in [2.45, 2.75) is 67.6 Å². The van der Waals surface area contributed by atoms with Gasteiger partial charge in [-0.3, -0.25) is 0 Å². The molecule has 14 heteroatoms. The van der Waals surface area contributed by atoms with Crippen molar-refractivity contribution in [3.8, 4) is 17.2 Å². The maximum Gasteiger partial charge on any atom is 0.407 e. The Morgan fingerprint density at radius 1 is 1.00 bits per heavy atom. The molecule has 50 heavy (non-hydrogen) atoms. The van der Waals surface area contributed by atoms with Crippen LogP contribution in [0, 0.1) is 11.8 Å². The average molecular weight is 729 g/mol. The standard InChI is InChI=1S/C36H44N2O10S2/c1-23(2)18-38(50(41,42)28-12-13-32-33(17-28)47-22-46-32)19-31(39)30(37-36(40)48-34-21-45-35-29(34)14-15-43-35)16-24-4-8-26(9-5-24)44-20-25-6-10-27(49-3)11-7-25/h4-13,17,23,29-31,34-35,39H,14-16,18-22H2,1-3H3,(H,37,40)/t29-,30-,31+,34-,35+/m0/s1. The molecule has 0 bridgehead atoms. The van der Waals surface area contributed by atoms with Gasteiger partial charge in [0.25, 0.3) is 0 Å². The number of alkyl carbamates (subject to hydrolysis) is 1. The van der Waals surface area contributed by atoms with E-state index in [0.29, 0.717) is 36.9 Å². The lowest BCUT2D eigenvalue weighted by Crippen LogP contribution is -2.51. The second-order valence-corrected chi connectivity index (χ2v) is 15.8. The molecule has 0 saturated carbocycles. The van der Waals surface area contributed by atoms with E-state index in [4.69, 9.17) is 28.4 Å². The van der Waals surface area contributed by atoms with Crippen LogP contribution in [0.1, 0.15) is 31.4 Å². The number of fused-ring (bicyclic) bond motifs is 2. The molecule has 0 radical (unpaired) electrons. The highest BCUT2D eigenvalue weighted by atomic mass is 32.2. The van der Waals surface area contributed by atoms with E-state index in [1.54, 1.807) is 17.8 Å². The molecular weight excluding hydrogens is 685 g/mol. The fourth-order valence-electron chi connectivity index (χ4n) is 6.22. The van der Waals surface area contributed by atoms with Crippen LogP contribution in [0.25, 0.3) is 0 Å². The van der Waals surface area contributed by atoms with Crippen molar-refractivity contribution in [3.63, 3.8) is 0 Å². The van der Waals surface area contributed by atoms with E-state index >= 15 is 0 Å². The first-order valence-electron chi connectivity index (χ1n) is 16.7. The van der Waals surface area contributed by atoms with Crippen LogP contribution in [-0.2, 0) is 37.3 Å². The monoisotopic (exact) mass is 728 g/mol. The lowest BCUT2D eigenvalue weighted by molar-refractivity contribution is -0.0907. The van der Waals surface area contributed by atoms with E-state index in [1.165, 1.54) is 21.3 Å². The predicted octanol–water partition coefficient (Wildman–Crippen LogP) is 4.82. The first-order valence-corrected chi connectivity index (χ1v) is 19.4. The molecule has 6 rings (SSSR count). The number of aliphatic hydroxyl groups excluding tert-OH is 1. The van der Waals surface area contributed by atoms with Crippen LogP contribution in [0.5, 0.6) is 17.2 Å². The summed E-state index contributed by atoms with van der Waals surface area (Å²) in [5, 5.41) is 14.5. The van der Waals surface area contributed by atoms with E-state index in [-0.39, 0.29) is 49.6 Å². The summed E-state index contributed by atoms with van der Waals surface area (Å²) in [4.78, 5) is 14.5. The van der Waals surface area contributed by atoms with Crippen molar-refractivity contribution in [1.29, 1.82) is 0 Å². The number of nitrogens with one attached hydrogen (secondary N) is 1. The number of carbonyl (C=O) groups is 1. The third-order valence-corrected chi connectivity index (χ3v) is 11.5. The van der Waals surface area contributed by atoms with Crippen LogP contribution in [-0.4, -0.2) is 87.8 Å². The second kappa shape index (κ2) is 16.2. The number of aliphatic hydroxyl groups is 1. The van der Waals surface area contributed by atoms with E-state index in [1.807, 2.05) is 56.5 Å². The Labute approximate surface area is 297 Å². The van der Waals surface area contributed by atoms with Crippen molar-refractivity contribution < 1.29 is 46.7 Å². The summed E-state index contributed by atoms with van der Waals surface area (Å²) in [6.07, 6.45) is 0.0402. The molecule has 1 amide bonds. The molecule has 3 aliphatic heterocycles. The number of rotatable bonds is 15. The largest absolute Gasteiger partial charge is 0.489 e. The lowest BCUT2D eigenvalue weighted by atomic mass is 10.0. The summed E-state index contributed by atoms with van der Waals surface area (Å²) in [6.45, 7) is 4.83. The van der Waals surface area contributed by atoms with Gasteiger partial charge in [-0.25, -0.2) is 13.2 Å². The minimum absolute atomic E-state index is 0.0113. The molecule has 3 heterocycles. The third-order valence-electron chi connectivity index (χ3n) is 8.90. The molecule has 2 fully saturated rings. The minimum atomic E-state index is -4.07. The highest BCUT2D eigenvalue weighted by molar-refractivity contribution is 7.98. The van der Waals surface area contributed by atoms with Crippen LogP contribution >= 0.6 is 11.8 Å². The molecule has 0 spiro atoms. The van der Waals surface area contributed by atoms with Crippen molar-refractivity contribution in [2.75, 3.05) is 39.4 Å². The molecule has 0 aromatic heterocycles. The number of nitrogens with zero attached hydrogens (tertiary/aromatic N) is 1. The van der Waals surface area contributed by atoms with Gasteiger partial charge in [0.05, 0.1) is 36.2 Å². The summed E-state index contributed by atoms with van der Waals surface area (Å²) < 4.78 is 62.8. The number of hydrogen-bond donors (Lipinski definition) is 2. The van der Waals surface area contributed by atoms with Gasteiger partial charge in [-0.15, -0.1) is 11.8 Å². The zero-order chi connectivity index (χ0) is 35.3. The summed E-state index contributed by atoms with van der Waals surface area (Å²) in [5.74, 6) is 1.35. The van der Waals surface area contributed by atoms with Gasteiger partial charge in [-0.2, -0.15) is 4.31 Å². The maximum absolute atomic E-state index is 13.9. The van der Waals surface area contributed by atoms with Crippen LogP contribution < -0.4 is 19.5 Å². The topological polar surface area (TPSA) is 142 Å². The van der Waals surface area contributed by atoms with Crippen molar-refractivity contribution in [2.24, 2.45) is 11.8 Å². The number of thioether (sulfide) groups is 1. The van der Waals surface area contributed by atoms with E-state index in [9.17, 15) is 18.3 Å². The Balaban J connectivity index is 1.17. The number of benzene rings is 3. The molecule has 2 N–H and O–H groups in total. The van der Waals surface area contributed by atoms with Gasteiger partial charge >= 0.3 is 6.09 Å². The molecule has 270 valence electrons. The zero-order valence-electron chi connectivity index (χ0n) is 28.4. The predicted molar refractivity (Wildman–Crippen MR) is 186 cm³/mol. The molecule has 3 aromatic rings. The minimum Gasteiger partial charge on any atom is -0.489 e. The highest BCUT2D eigenvalue weighted by Crippen LogP contribution is 2.35. The van der Waals surface area contributed by atoms with Gasteiger partial charge in [0, 0.05) is 24.1 Å². The zero-order valence-corrected chi connectivity index (χ0v) is 30.0. The maximum atomic E-state index is 13.9. The number of sulfonamides is 1. The number of hydrogen-bond acceptors (Lipinski definition) is 11. The Bertz CT molecular complexity index is 1700. The van der Waals surface area contributed by atoms with E-state index in [2.05, 4.69) is 17.4 Å². The Morgan fingerprint density at radius 2 is 1.74 bits per heavy atom. The van der Waals surface area contributed by atoms with Gasteiger partial charge in [-0.05, 0) is 72.5 Å². The van der Waals surface area contributed by atoms with Gasteiger partial charge in [0.2, 0.25) is 16.8 Å². The Morgan fingerprint density at radius 3 is 2.48 bits per heavy atom. The summed E-state index contributed by atoms with van der Waals surface area (Å²) in [7, 11) is -4.07. The van der Waals surface area contributed by atoms with E-state index in [0.717, 1.165) is 11.1 Å². The quantitative estimate of drug-likeness (QED) is 0.208. The molecule has 12 nitrogen and oxygen atoms in total. The van der Waals surface area contributed by atoms with Crippen molar-refractivity contribution in [1.82, 2.24) is 9.62 Å². The first-order chi connectivity index (χ1) is 24.1. The number of amides is 1. The number of carbonyl (C=O) groups excluding carboxylic acids is 1. The molecule has 2 saturated heterocycles. The molecule has 0 unspecified atom stereocenters. The Kier molecular flexibility index (Phi) is 11.8. The molecule has 0 aliphatic carbocycles. The van der Waals surface area contributed by atoms with Gasteiger partial charge < -0.3 is 38.8 Å². The summed E-state index contributed by atoms with van der Waals surface area (Å²) in [6, 6.07) is 19.1. The van der Waals surface area contributed by atoms with Gasteiger partial charge in [0.1, 0.15) is 18.5 Å². The fourth-order valence-corrected chi connectivity index (χ4v) is 8.26. The summed E-state index contributed by atoms with van der Waals surface area (Å²) in [5.41, 5.74) is 1.84. The average Bonchev–Trinajstić information content (AvgIpc) is 3.86. The normalized spacial score (nSPS) is 20.9. The third kappa shape index (κ3) is 8.85. The molecule has 3 aliphatic rings. The van der Waals surface area contributed by atoms with Crippen LogP contribution in [0.4, 0.5) is 4.79 Å². The smallest absolute Gasteiger partial charge is 0.407 e.